The molecular formula is C7H7F2NO2. The lowest BCUT2D eigenvalue weighted by atomic mass is 10.2. The fourth-order valence-corrected chi connectivity index (χ4v) is 0.839. The first-order valence-corrected chi connectivity index (χ1v) is 3.19. The lowest BCUT2D eigenvalue weighted by Crippen LogP contribution is -2.07. The first-order valence-electron chi connectivity index (χ1n) is 3.19. The van der Waals surface area contributed by atoms with Crippen molar-refractivity contribution in [1.29, 1.82) is 0 Å². The summed E-state index contributed by atoms with van der Waals surface area (Å²) in [6.07, 6.45) is 0. The highest BCUT2D eigenvalue weighted by Crippen LogP contribution is 2.22. The Balaban J connectivity index is 3.09. The van der Waals surface area contributed by atoms with Gasteiger partial charge in [0.1, 0.15) is 5.82 Å². The molecule has 3 N–H and O–H groups in total. The van der Waals surface area contributed by atoms with Crippen LogP contribution in [0, 0.1) is 11.6 Å². The third kappa shape index (κ3) is 1.69. The Labute approximate surface area is 67.2 Å². The number of benzene rings is 1. The van der Waals surface area contributed by atoms with Gasteiger partial charge >= 0.3 is 0 Å². The summed E-state index contributed by atoms with van der Waals surface area (Å²) < 4.78 is 25.0. The predicted molar refractivity (Wildman–Crippen MR) is 36.6 cm³/mol. The molecule has 12 heavy (non-hydrogen) atoms. The summed E-state index contributed by atoms with van der Waals surface area (Å²) in [7, 11) is 0. The van der Waals surface area contributed by atoms with E-state index in [1.165, 1.54) is 0 Å². The fourth-order valence-electron chi connectivity index (χ4n) is 0.839. The third-order valence-corrected chi connectivity index (χ3v) is 1.38. The van der Waals surface area contributed by atoms with Crippen LogP contribution in [0.3, 0.4) is 0 Å². The van der Waals surface area contributed by atoms with Gasteiger partial charge in [-0.05, 0) is 6.07 Å². The second kappa shape index (κ2) is 3.46. The highest BCUT2D eigenvalue weighted by Gasteiger charge is 2.08. The van der Waals surface area contributed by atoms with Crippen LogP contribution in [0.2, 0.25) is 0 Å². The van der Waals surface area contributed by atoms with Crippen molar-refractivity contribution in [3.63, 3.8) is 0 Å². The number of phenols is 1. The van der Waals surface area contributed by atoms with Gasteiger partial charge in [0, 0.05) is 18.2 Å². The number of phenolic OH excluding ortho intramolecular Hbond substituents is 1. The molecule has 0 spiro atoms. The van der Waals surface area contributed by atoms with E-state index in [4.69, 9.17) is 10.3 Å². The average molecular weight is 175 g/mol. The van der Waals surface area contributed by atoms with Gasteiger partial charge in [-0.1, -0.05) is 0 Å². The minimum Gasteiger partial charge on any atom is -0.505 e. The van der Waals surface area contributed by atoms with Crippen molar-refractivity contribution >= 4 is 0 Å². The highest BCUT2D eigenvalue weighted by molar-refractivity contribution is 5.33. The van der Waals surface area contributed by atoms with E-state index < -0.39 is 17.4 Å². The number of aromatic hydroxyl groups is 1. The molecule has 0 fully saturated rings. The lowest BCUT2D eigenvalue weighted by molar-refractivity contribution is 0.160. The second-order valence-corrected chi connectivity index (χ2v) is 2.23. The molecule has 0 atom stereocenters. The molecular weight excluding hydrogens is 168 g/mol. The maximum absolute atomic E-state index is 12.6. The normalized spacial score (nSPS) is 10.2. The summed E-state index contributed by atoms with van der Waals surface area (Å²) in [6.45, 7) is -0.208. The molecule has 0 aliphatic heterocycles. The van der Waals surface area contributed by atoms with E-state index in [9.17, 15) is 8.78 Å². The van der Waals surface area contributed by atoms with E-state index in [0.29, 0.717) is 6.07 Å². The summed E-state index contributed by atoms with van der Waals surface area (Å²) in [6, 6.07) is 1.50. The zero-order valence-electron chi connectivity index (χ0n) is 6.01. The quantitative estimate of drug-likeness (QED) is 0.591. The third-order valence-electron chi connectivity index (χ3n) is 1.38. The molecule has 0 amide bonds. The summed E-state index contributed by atoms with van der Waals surface area (Å²) in [5.74, 6) is -2.49. The topological polar surface area (TPSA) is 52.5 Å². The Morgan fingerprint density at radius 2 is 2.00 bits per heavy atom. The van der Waals surface area contributed by atoms with E-state index in [0.717, 1.165) is 6.07 Å². The molecule has 1 aromatic carbocycles. The molecule has 5 heteroatoms. The smallest absolute Gasteiger partial charge is 0.168 e. The van der Waals surface area contributed by atoms with Crippen molar-refractivity contribution < 1.29 is 19.1 Å². The second-order valence-electron chi connectivity index (χ2n) is 2.23. The fraction of sp³-hybridized carbons (Fsp3) is 0.143. The van der Waals surface area contributed by atoms with Crippen LogP contribution in [0.15, 0.2) is 12.1 Å². The number of halogens is 2. The van der Waals surface area contributed by atoms with Crippen LogP contribution in [0.4, 0.5) is 8.78 Å². The van der Waals surface area contributed by atoms with Gasteiger partial charge in [-0.2, -0.15) is 0 Å². The Bertz CT molecular complexity index is 291. The van der Waals surface area contributed by atoms with Gasteiger partial charge in [0.05, 0.1) is 0 Å². The van der Waals surface area contributed by atoms with E-state index >= 15 is 0 Å². The van der Waals surface area contributed by atoms with Crippen molar-refractivity contribution in [1.82, 2.24) is 5.48 Å². The largest absolute Gasteiger partial charge is 0.505 e. The lowest BCUT2D eigenvalue weighted by Gasteiger charge is -2.03. The molecule has 0 aromatic heterocycles. The number of hydrogen-bond donors (Lipinski definition) is 3. The van der Waals surface area contributed by atoms with Gasteiger partial charge in [0.2, 0.25) is 0 Å². The van der Waals surface area contributed by atoms with E-state index in [-0.39, 0.29) is 12.1 Å². The molecule has 0 saturated heterocycles. The van der Waals surface area contributed by atoms with Gasteiger partial charge in [-0.3, -0.25) is 0 Å². The Kier molecular flexibility index (Phi) is 2.57. The number of nitrogens with one attached hydrogen (secondary N) is 1. The minimum absolute atomic E-state index is 0.0324. The van der Waals surface area contributed by atoms with Crippen molar-refractivity contribution in [3.8, 4) is 5.75 Å². The molecule has 0 heterocycles. The van der Waals surface area contributed by atoms with Crippen LogP contribution < -0.4 is 5.48 Å². The average Bonchev–Trinajstić information content (AvgIpc) is 2.00. The maximum Gasteiger partial charge on any atom is 0.168 e. The molecule has 0 unspecified atom stereocenters. The van der Waals surface area contributed by atoms with E-state index in [1.807, 2.05) is 0 Å². The number of hydroxylamine groups is 1. The SMILES string of the molecule is ONCc1cc(F)cc(F)c1O. The van der Waals surface area contributed by atoms with Crippen LogP contribution in [0.5, 0.6) is 5.75 Å². The van der Waals surface area contributed by atoms with Crippen molar-refractivity contribution in [3.05, 3.63) is 29.3 Å². The monoisotopic (exact) mass is 175 g/mol. The molecule has 0 aliphatic carbocycles. The molecule has 1 aromatic rings. The molecule has 0 radical (unpaired) electrons. The van der Waals surface area contributed by atoms with E-state index in [2.05, 4.69) is 0 Å². The Hall–Kier alpha value is -1.20. The van der Waals surface area contributed by atoms with Crippen molar-refractivity contribution in [2.45, 2.75) is 6.54 Å². The van der Waals surface area contributed by atoms with Gasteiger partial charge in [-0.25, -0.2) is 14.3 Å². The zero-order chi connectivity index (χ0) is 9.14. The Morgan fingerprint density at radius 1 is 1.33 bits per heavy atom. The minimum atomic E-state index is -1.04. The van der Waals surface area contributed by atoms with E-state index in [1.54, 1.807) is 5.48 Å². The summed E-state index contributed by atoms with van der Waals surface area (Å²) in [5, 5.41) is 17.2. The summed E-state index contributed by atoms with van der Waals surface area (Å²) in [4.78, 5) is 0. The first-order chi connectivity index (χ1) is 5.65. The molecule has 1 rings (SSSR count). The van der Waals surface area contributed by atoms with Crippen LogP contribution in [0.25, 0.3) is 0 Å². The molecule has 66 valence electrons. The number of rotatable bonds is 2. The van der Waals surface area contributed by atoms with Crippen LogP contribution >= 0.6 is 0 Å². The van der Waals surface area contributed by atoms with Crippen LogP contribution in [0.1, 0.15) is 5.56 Å². The number of hydrogen-bond acceptors (Lipinski definition) is 3. The molecule has 0 aliphatic rings. The van der Waals surface area contributed by atoms with Crippen LogP contribution in [-0.2, 0) is 6.54 Å². The van der Waals surface area contributed by atoms with Gasteiger partial charge in [0.25, 0.3) is 0 Å². The summed E-state index contributed by atoms with van der Waals surface area (Å²) in [5.41, 5.74) is 1.65. The van der Waals surface area contributed by atoms with Crippen LogP contribution in [-0.4, -0.2) is 10.3 Å². The first kappa shape index (κ1) is 8.89. The molecule has 0 saturated carbocycles. The van der Waals surface area contributed by atoms with Gasteiger partial charge in [-0.15, -0.1) is 0 Å². The molecule has 0 bridgehead atoms. The van der Waals surface area contributed by atoms with Crippen molar-refractivity contribution in [2.24, 2.45) is 0 Å². The summed E-state index contributed by atoms with van der Waals surface area (Å²) >= 11 is 0. The highest BCUT2D eigenvalue weighted by atomic mass is 19.1. The van der Waals surface area contributed by atoms with Gasteiger partial charge < -0.3 is 10.3 Å². The standard InChI is InChI=1S/C7H7F2NO2/c8-5-1-4(3-10-12)7(11)6(9)2-5/h1-2,10-12H,3H2. The zero-order valence-corrected chi connectivity index (χ0v) is 6.01. The maximum atomic E-state index is 12.6. The molecule has 3 nitrogen and oxygen atoms in total. The predicted octanol–water partition coefficient (Wildman–Crippen LogP) is 1.15. The van der Waals surface area contributed by atoms with Crippen molar-refractivity contribution in [2.75, 3.05) is 0 Å². The van der Waals surface area contributed by atoms with Gasteiger partial charge in [0.15, 0.2) is 11.6 Å². The Morgan fingerprint density at radius 3 is 2.58 bits per heavy atom.